The molecular formula is C10H16N2O4S. The Morgan fingerprint density at radius 1 is 1.47 bits per heavy atom. The van der Waals surface area contributed by atoms with Gasteiger partial charge in [0.15, 0.2) is 6.04 Å². The quantitative estimate of drug-likeness (QED) is 0.730. The molecule has 2 rings (SSSR count). The van der Waals surface area contributed by atoms with E-state index in [4.69, 9.17) is 9.84 Å². The van der Waals surface area contributed by atoms with Crippen molar-refractivity contribution >= 4 is 23.8 Å². The second kappa shape index (κ2) is 5.59. The molecule has 0 aromatic heterocycles. The van der Waals surface area contributed by atoms with Crippen LogP contribution in [0.3, 0.4) is 0 Å². The molecule has 0 radical (unpaired) electrons. The monoisotopic (exact) mass is 260 g/mol. The van der Waals surface area contributed by atoms with Gasteiger partial charge in [-0.15, -0.1) is 0 Å². The van der Waals surface area contributed by atoms with Crippen LogP contribution in [-0.2, 0) is 9.53 Å². The van der Waals surface area contributed by atoms with Gasteiger partial charge in [0.25, 0.3) is 0 Å². The molecule has 2 unspecified atom stereocenters. The molecule has 2 N–H and O–H groups in total. The zero-order chi connectivity index (χ0) is 12.3. The third-order valence-electron chi connectivity index (χ3n) is 2.93. The number of nitrogens with zero attached hydrogens (tertiary/aromatic N) is 1. The number of amides is 2. The van der Waals surface area contributed by atoms with Crippen molar-refractivity contribution in [1.29, 1.82) is 0 Å². The van der Waals surface area contributed by atoms with Crippen molar-refractivity contribution in [3.63, 3.8) is 0 Å². The Kier molecular flexibility index (Phi) is 4.11. The first-order valence-corrected chi connectivity index (χ1v) is 6.79. The van der Waals surface area contributed by atoms with Gasteiger partial charge in [-0.2, -0.15) is 11.8 Å². The van der Waals surface area contributed by atoms with Gasteiger partial charge in [-0.05, 0) is 12.2 Å². The van der Waals surface area contributed by atoms with Crippen LogP contribution in [0, 0.1) is 0 Å². The van der Waals surface area contributed by atoms with E-state index >= 15 is 0 Å². The van der Waals surface area contributed by atoms with Crippen LogP contribution < -0.4 is 5.32 Å². The minimum atomic E-state index is -1.01. The number of carbonyl (C=O) groups excluding carboxylic acids is 1. The summed E-state index contributed by atoms with van der Waals surface area (Å²) in [5, 5.41) is 11.9. The van der Waals surface area contributed by atoms with E-state index in [0.717, 1.165) is 17.9 Å². The van der Waals surface area contributed by atoms with Crippen LogP contribution in [0.4, 0.5) is 4.79 Å². The average Bonchev–Trinajstić information content (AvgIpc) is 2.81. The van der Waals surface area contributed by atoms with Gasteiger partial charge >= 0.3 is 12.0 Å². The van der Waals surface area contributed by atoms with Crippen LogP contribution >= 0.6 is 11.8 Å². The fraction of sp³-hybridized carbons (Fsp3) is 0.800. The summed E-state index contributed by atoms with van der Waals surface area (Å²) >= 11 is 1.80. The summed E-state index contributed by atoms with van der Waals surface area (Å²) in [6, 6.07) is -0.976. The summed E-state index contributed by atoms with van der Waals surface area (Å²) in [7, 11) is 0. The van der Waals surface area contributed by atoms with Crippen molar-refractivity contribution in [1.82, 2.24) is 10.2 Å². The highest BCUT2D eigenvalue weighted by atomic mass is 32.2. The zero-order valence-electron chi connectivity index (χ0n) is 9.42. The van der Waals surface area contributed by atoms with Crippen LogP contribution in [0.5, 0.6) is 0 Å². The molecule has 0 saturated carbocycles. The van der Waals surface area contributed by atoms with E-state index in [0.29, 0.717) is 13.2 Å². The van der Waals surface area contributed by atoms with Gasteiger partial charge in [0.2, 0.25) is 0 Å². The molecule has 0 bridgehead atoms. The zero-order valence-corrected chi connectivity index (χ0v) is 10.2. The molecule has 0 aromatic carbocycles. The van der Waals surface area contributed by atoms with E-state index in [-0.39, 0.29) is 18.7 Å². The molecule has 6 nitrogen and oxygen atoms in total. The summed E-state index contributed by atoms with van der Waals surface area (Å²) in [6.45, 7) is 0.807. The number of rotatable bonds is 2. The maximum absolute atomic E-state index is 12.0. The van der Waals surface area contributed by atoms with Crippen LogP contribution in [0.2, 0.25) is 0 Å². The first kappa shape index (κ1) is 12.5. The van der Waals surface area contributed by atoms with E-state index in [1.807, 2.05) is 0 Å². The molecule has 96 valence electrons. The smallest absolute Gasteiger partial charge is 0.328 e. The Hall–Kier alpha value is -0.950. The minimum Gasteiger partial charge on any atom is -0.480 e. The highest BCUT2D eigenvalue weighted by Crippen LogP contribution is 2.17. The number of hydrogen-bond acceptors (Lipinski definition) is 4. The molecule has 2 aliphatic rings. The fourth-order valence-corrected chi connectivity index (χ4v) is 3.11. The predicted octanol–water partition coefficient (Wildman–Crippen LogP) is -0.0131. The standard InChI is InChI=1S/C10H16N2O4S/c13-9(14)8-5-16-3-2-12(8)10(15)11-7-1-4-17-6-7/h7-8H,1-6H2,(H,11,15)(H,13,14). The van der Waals surface area contributed by atoms with Crippen molar-refractivity contribution in [2.75, 3.05) is 31.3 Å². The second-order valence-electron chi connectivity index (χ2n) is 4.13. The fourth-order valence-electron chi connectivity index (χ4n) is 1.96. The Balaban J connectivity index is 1.93. The van der Waals surface area contributed by atoms with Crippen molar-refractivity contribution in [2.24, 2.45) is 0 Å². The maximum atomic E-state index is 12.0. The van der Waals surface area contributed by atoms with E-state index in [9.17, 15) is 9.59 Å². The lowest BCUT2D eigenvalue weighted by Gasteiger charge is -2.33. The topological polar surface area (TPSA) is 78.9 Å². The number of hydrogen-bond donors (Lipinski definition) is 2. The van der Waals surface area contributed by atoms with Crippen molar-refractivity contribution in [2.45, 2.75) is 18.5 Å². The van der Waals surface area contributed by atoms with Gasteiger partial charge in [-0.3, -0.25) is 0 Å². The van der Waals surface area contributed by atoms with E-state index in [1.54, 1.807) is 11.8 Å². The molecule has 2 fully saturated rings. The van der Waals surface area contributed by atoms with E-state index < -0.39 is 12.0 Å². The summed E-state index contributed by atoms with van der Waals surface area (Å²) in [6.07, 6.45) is 0.957. The molecule has 0 aromatic rings. The summed E-state index contributed by atoms with van der Waals surface area (Å²) in [5.41, 5.74) is 0. The number of urea groups is 1. The summed E-state index contributed by atoms with van der Waals surface area (Å²) < 4.78 is 5.09. The molecular weight excluding hydrogens is 244 g/mol. The lowest BCUT2D eigenvalue weighted by atomic mass is 10.2. The summed E-state index contributed by atoms with van der Waals surface area (Å²) in [5.74, 6) is 0.949. The van der Waals surface area contributed by atoms with Gasteiger partial charge < -0.3 is 20.1 Å². The normalized spacial score (nSPS) is 29.1. The molecule has 2 aliphatic heterocycles. The molecule has 2 heterocycles. The number of aliphatic carboxylic acids is 1. The van der Waals surface area contributed by atoms with Crippen LogP contribution in [-0.4, -0.2) is 65.4 Å². The van der Waals surface area contributed by atoms with Gasteiger partial charge in [-0.1, -0.05) is 0 Å². The molecule has 0 spiro atoms. The molecule has 2 atom stereocenters. The van der Waals surface area contributed by atoms with Crippen LogP contribution in [0.1, 0.15) is 6.42 Å². The van der Waals surface area contributed by atoms with E-state index in [1.165, 1.54) is 4.90 Å². The highest BCUT2D eigenvalue weighted by molar-refractivity contribution is 7.99. The molecule has 17 heavy (non-hydrogen) atoms. The van der Waals surface area contributed by atoms with Crippen LogP contribution in [0.25, 0.3) is 0 Å². The predicted molar refractivity (Wildman–Crippen MR) is 63.2 cm³/mol. The summed E-state index contributed by atoms with van der Waals surface area (Å²) in [4.78, 5) is 24.3. The Morgan fingerprint density at radius 3 is 2.94 bits per heavy atom. The minimum absolute atomic E-state index is 0.0716. The lowest BCUT2D eigenvalue weighted by Crippen LogP contribution is -2.57. The Bertz CT molecular complexity index is 307. The number of nitrogens with one attached hydrogen (secondary N) is 1. The molecule has 0 aliphatic carbocycles. The van der Waals surface area contributed by atoms with Crippen molar-refractivity contribution < 1.29 is 19.4 Å². The van der Waals surface area contributed by atoms with Gasteiger partial charge in [-0.25, -0.2) is 9.59 Å². The third kappa shape index (κ3) is 3.04. The number of thioether (sulfide) groups is 1. The van der Waals surface area contributed by atoms with Gasteiger partial charge in [0.1, 0.15) is 0 Å². The Morgan fingerprint density at radius 2 is 2.29 bits per heavy atom. The number of carboxylic acid groups (broad SMARTS) is 1. The number of carboxylic acids is 1. The van der Waals surface area contributed by atoms with Crippen LogP contribution in [0.15, 0.2) is 0 Å². The third-order valence-corrected chi connectivity index (χ3v) is 4.09. The largest absolute Gasteiger partial charge is 0.480 e. The van der Waals surface area contributed by atoms with Crippen molar-refractivity contribution in [3.8, 4) is 0 Å². The number of morpholine rings is 1. The number of ether oxygens (including phenoxy) is 1. The maximum Gasteiger partial charge on any atom is 0.328 e. The molecule has 7 heteroatoms. The average molecular weight is 260 g/mol. The first-order valence-electron chi connectivity index (χ1n) is 5.64. The number of carbonyl (C=O) groups is 2. The van der Waals surface area contributed by atoms with Crippen molar-refractivity contribution in [3.05, 3.63) is 0 Å². The molecule has 2 amide bonds. The first-order chi connectivity index (χ1) is 8.18. The highest BCUT2D eigenvalue weighted by Gasteiger charge is 2.33. The van der Waals surface area contributed by atoms with E-state index in [2.05, 4.69) is 5.32 Å². The SMILES string of the molecule is O=C(O)C1COCCN1C(=O)NC1CCSC1. The second-order valence-corrected chi connectivity index (χ2v) is 5.28. The van der Waals surface area contributed by atoms with Gasteiger partial charge in [0, 0.05) is 18.3 Å². The molecule has 2 saturated heterocycles. The Labute approximate surface area is 104 Å². The van der Waals surface area contributed by atoms with Gasteiger partial charge in [0.05, 0.1) is 13.2 Å². The lowest BCUT2D eigenvalue weighted by molar-refractivity contribution is -0.147.